The molecule has 0 N–H and O–H groups in total. The van der Waals surface area contributed by atoms with Gasteiger partial charge in [-0.3, -0.25) is 0 Å². The maximum absolute atomic E-state index is 2.38. The number of hydrogen-bond donors (Lipinski definition) is 0. The van der Waals surface area contributed by atoms with Crippen molar-refractivity contribution < 1.29 is 0 Å². The molecule has 0 aromatic heterocycles. The first-order chi connectivity index (χ1) is 28.3. The van der Waals surface area contributed by atoms with Gasteiger partial charge in [-0.25, -0.2) is 0 Å². The zero-order valence-corrected chi connectivity index (χ0v) is 31.7. The first-order valence-electron chi connectivity index (χ1n) is 19.9. The molecule has 0 spiro atoms. The molecule has 0 bridgehead atoms. The van der Waals surface area contributed by atoms with Gasteiger partial charge in [0.15, 0.2) is 0 Å². The Hall–Kier alpha value is -7.22. The largest absolute Gasteiger partial charge is 0.311 e. The highest BCUT2D eigenvalue weighted by Crippen LogP contribution is 2.42. The molecular formula is C56H41N. The minimum Gasteiger partial charge on any atom is -0.311 e. The SMILES string of the molecule is C1=Cc2ccccc2C(c2ccc(N(c3ccc(-c4ccccc4)cc3)c3ccc(-c4cc(-c5ccccc5)ccc4-c4cccc5ccccc45)cc3)cc2)C1. The molecule has 1 nitrogen and oxygen atoms in total. The molecule has 0 amide bonds. The van der Waals surface area contributed by atoms with E-state index in [1.54, 1.807) is 0 Å². The summed E-state index contributed by atoms with van der Waals surface area (Å²) in [7, 11) is 0. The van der Waals surface area contributed by atoms with E-state index in [-0.39, 0.29) is 0 Å². The highest BCUT2D eigenvalue weighted by atomic mass is 15.1. The van der Waals surface area contributed by atoms with Crippen LogP contribution in [0, 0.1) is 0 Å². The van der Waals surface area contributed by atoms with Crippen molar-refractivity contribution in [2.24, 2.45) is 0 Å². The Morgan fingerprint density at radius 2 is 0.912 bits per heavy atom. The minimum absolute atomic E-state index is 0.348. The van der Waals surface area contributed by atoms with Gasteiger partial charge in [0, 0.05) is 23.0 Å². The minimum atomic E-state index is 0.348. The molecule has 0 radical (unpaired) electrons. The third-order valence-corrected chi connectivity index (χ3v) is 11.5. The van der Waals surface area contributed by atoms with Gasteiger partial charge in [0.1, 0.15) is 0 Å². The molecule has 0 saturated carbocycles. The number of rotatable bonds is 8. The van der Waals surface area contributed by atoms with Crippen molar-refractivity contribution in [3.8, 4) is 44.5 Å². The van der Waals surface area contributed by atoms with E-state index in [9.17, 15) is 0 Å². The molecule has 9 aromatic rings. The van der Waals surface area contributed by atoms with Crippen LogP contribution in [0.1, 0.15) is 29.0 Å². The predicted octanol–water partition coefficient (Wildman–Crippen LogP) is 15.5. The highest BCUT2D eigenvalue weighted by molar-refractivity contribution is 6.01. The van der Waals surface area contributed by atoms with Crippen molar-refractivity contribution in [1.29, 1.82) is 0 Å². The second-order valence-electron chi connectivity index (χ2n) is 14.9. The van der Waals surface area contributed by atoms with Gasteiger partial charge in [0.2, 0.25) is 0 Å². The maximum Gasteiger partial charge on any atom is 0.0462 e. The molecule has 9 aromatic carbocycles. The van der Waals surface area contributed by atoms with Crippen LogP contribution in [0.15, 0.2) is 224 Å². The Labute approximate surface area is 335 Å². The van der Waals surface area contributed by atoms with Gasteiger partial charge in [-0.2, -0.15) is 0 Å². The van der Waals surface area contributed by atoms with Gasteiger partial charge in [0.05, 0.1) is 0 Å². The van der Waals surface area contributed by atoms with Crippen molar-refractivity contribution in [3.05, 3.63) is 241 Å². The van der Waals surface area contributed by atoms with Crippen molar-refractivity contribution in [2.75, 3.05) is 4.90 Å². The third kappa shape index (κ3) is 6.75. The summed E-state index contributed by atoms with van der Waals surface area (Å²) in [4.78, 5) is 2.38. The van der Waals surface area contributed by atoms with Crippen LogP contribution in [0.2, 0.25) is 0 Å². The van der Waals surface area contributed by atoms with Gasteiger partial charge in [0.25, 0.3) is 0 Å². The van der Waals surface area contributed by atoms with Crippen LogP contribution >= 0.6 is 0 Å². The Morgan fingerprint density at radius 1 is 0.368 bits per heavy atom. The molecule has 270 valence electrons. The van der Waals surface area contributed by atoms with E-state index >= 15 is 0 Å². The average Bonchev–Trinajstić information content (AvgIpc) is 3.30. The summed E-state index contributed by atoms with van der Waals surface area (Å²) in [5.74, 6) is 0.348. The number of allylic oxidation sites excluding steroid dienone is 1. The fourth-order valence-corrected chi connectivity index (χ4v) is 8.57. The summed E-state index contributed by atoms with van der Waals surface area (Å²) in [5.41, 5.74) is 17.1. The van der Waals surface area contributed by atoms with Gasteiger partial charge >= 0.3 is 0 Å². The molecule has 1 heteroatoms. The van der Waals surface area contributed by atoms with Crippen LogP contribution in [0.4, 0.5) is 17.1 Å². The quantitative estimate of drug-likeness (QED) is 0.151. The first kappa shape index (κ1) is 34.3. The fraction of sp³-hybridized carbons (Fsp3) is 0.0357. The molecule has 1 aliphatic carbocycles. The fourth-order valence-electron chi connectivity index (χ4n) is 8.57. The van der Waals surface area contributed by atoms with E-state index in [1.165, 1.54) is 72.0 Å². The van der Waals surface area contributed by atoms with E-state index in [2.05, 4.69) is 235 Å². The normalized spacial score (nSPS) is 13.3. The standard InChI is InChI=1S/C56H41N/c1-3-13-40(14-4-1)42-25-32-48(33-26-42)57(49-34-27-45(28-35-49)52-23-11-19-43-17-7-9-21-51(43)52)50-36-29-46(30-37-50)56-39-47(41-15-5-2-6-16-41)31-38-55(56)54-24-12-20-44-18-8-10-22-53(44)54/h1-22,24-39,52H,23H2. The van der Waals surface area contributed by atoms with Crippen LogP contribution in [0.5, 0.6) is 0 Å². The summed E-state index contributed by atoms with van der Waals surface area (Å²) in [5, 5.41) is 2.50. The zero-order chi connectivity index (χ0) is 38.0. The Bertz CT molecular complexity index is 2830. The zero-order valence-electron chi connectivity index (χ0n) is 31.7. The summed E-state index contributed by atoms with van der Waals surface area (Å²) >= 11 is 0. The molecule has 1 aliphatic rings. The third-order valence-electron chi connectivity index (χ3n) is 11.5. The Balaban J connectivity index is 1.06. The first-order valence-corrected chi connectivity index (χ1v) is 19.9. The molecule has 0 fully saturated rings. The van der Waals surface area contributed by atoms with Crippen LogP contribution < -0.4 is 4.90 Å². The monoisotopic (exact) mass is 727 g/mol. The Morgan fingerprint density at radius 3 is 1.63 bits per heavy atom. The van der Waals surface area contributed by atoms with E-state index in [0.717, 1.165) is 23.5 Å². The summed E-state index contributed by atoms with van der Waals surface area (Å²) < 4.78 is 0. The van der Waals surface area contributed by atoms with Gasteiger partial charge in [-0.05, 0) is 121 Å². The van der Waals surface area contributed by atoms with E-state index < -0.39 is 0 Å². The summed E-state index contributed by atoms with van der Waals surface area (Å²) in [6.07, 6.45) is 5.58. The molecular weight excluding hydrogens is 687 g/mol. The maximum atomic E-state index is 2.38. The van der Waals surface area contributed by atoms with Crippen molar-refractivity contribution in [1.82, 2.24) is 0 Å². The number of nitrogens with zero attached hydrogens (tertiary/aromatic N) is 1. The second-order valence-corrected chi connectivity index (χ2v) is 14.9. The number of benzene rings is 9. The van der Waals surface area contributed by atoms with Crippen LogP contribution in [0.25, 0.3) is 61.4 Å². The van der Waals surface area contributed by atoms with E-state index in [1.807, 2.05) is 0 Å². The lowest BCUT2D eigenvalue weighted by Crippen LogP contribution is -2.11. The van der Waals surface area contributed by atoms with E-state index in [4.69, 9.17) is 0 Å². The molecule has 0 aliphatic heterocycles. The van der Waals surface area contributed by atoms with Gasteiger partial charge in [-0.1, -0.05) is 188 Å². The lowest BCUT2D eigenvalue weighted by Gasteiger charge is -2.27. The van der Waals surface area contributed by atoms with E-state index in [0.29, 0.717) is 5.92 Å². The topological polar surface area (TPSA) is 3.24 Å². The van der Waals surface area contributed by atoms with Crippen molar-refractivity contribution >= 4 is 33.9 Å². The highest BCUT2D eigenvalue weighted by Gasteiger charge is 2.20. The lowest BCUT2D eigenvalue weighted by molar-refractivity contribution is 0.819. The molecule has 57 heavy (non-hydrogen) atoms. The van der Waals surface area contributed by atoms with Gasteiger partial charge in [-0.15, -0.1) is 0 Å². The van der Waals surface area contributed by atoms with Gasteiger partial charge < -0.3 is 4.90 Å². The summed E-state index contributed by atoms with van der Waals surface area (Å²) in [6.45, 7) is 0. The molecule has 1 atom stereocenters. The lowest BCUT2D eigenvalue weighted by atomic mass is 9.82. The second kappa shape index (κ2) is 15.1. The van der Waals surface area contributed by atoms with Crippen LogP contribution in [-0.4, -0.2) is 0 Å². The molecule has 0 saturated heterocycles. The van der Waals surface area contributed by atoms with Crippen molar-refractivity contribution in [3.63, 3.8) is 0 Å². The van der Waals surface area contributed by atoms with Crippen LogP contribution in [0.3, 0.4) is 0 Å². The molecule has 0 heterocycles. The number of hydrogen-bond acceptors (Lipinski definition) is 1. The number of fused-ring (bicyclic) bond motifs is 2. The molecule has 10 rings (SSSR count). The Kier molecular flexibility index (Phi) is 9.10. The number of anilines is 3. The van der Waals surface area contributed by atoms with Crippen LogP contribution in [-0.2, 0) is 0 Å². The van der Waals surface area contributed by atoms with Crippen molar-refractivity contribution in [2.45, 2.75) is 12.3 Å². The predicted molar refractivity (Wildman–Crippen MR) is 242 cm³/mol. The smallest absolute Gasteiger partial charge is 0.0462 e. The summed E-state index contributed by atoms with van der Waals surface area (Å²) in [6, 6.07) is 79.6. The average molecular weight is 728 g/mol. The molecule has 1 unspecified atom stereocenters.